The van der Waals surface area contributed by atoms with Crippen molar-refractivity contribution >= 4 is 0 Å². The summed E-state index contributed by atoms with van der Waals surface area (Å²) in [5, 5.41) is 18.8. The summed E-state index contributed by atoms with van der Waals surface area (Å²) >= 11 is 0. The van der Waals surface area contributed by atoms with Crippen LogP contribution >= 0.6 is 0 Å². The molecule has 96 valence electrons. The molecule has 1 aromatic carbocycles. The molecule has 1 aromatic heterocycles. The van der Waals surface area contributed by atoms with E-state index in [0.29, 0.717) is 16.9 Å². The van der Waals surface area contributed by atoms with Crippen molar-refractivity contribution in [1.82, 2.24) is 4.98 Å². The van der Waals surface area contributed by atoms with Crippen LogP contribution in [-0.2, 0) is 0 Å². The van der Waals surface area contributed by atoms with E-state index in [1.54, 1.807) is 25.1 Å². The van der Waals surface area contributed by atoms with Gasteiger partial charge in [0.05, 0.1) is 0 Å². The quantitative estimate of drug-likeness (QED) is 0.892. The van der Waals surface area contributed by atoms with Crippen molar-refractivity contribution in [3.05, 3.63) is 46.6 Å². The Bertz CT molecular complexity index is 673. The van der Waals surface area contributed by atoms with Crippen LogP contribution in [0.3, 0.4) is 0 Å². The van der Waals surface area contributed by atoms with Gasteiger partial charge in [-0.1, -0.05) is 6.07 Å². The van der Waals surface area contributed by atoms with E-state index in [9.17, 15) is 10.4 Å². The molecule has 1 N–H and O–H groups in total. The van der Waals surface area contributed by atoms with E-state index in [0.717, 1.165) is 11.3 Å². The predicted octanol–water partition coefficient (Wildman–Crippen LogP) is 3.38. The number of nitriles is 1. The lowest BCUT2D eigenvalue weighted by Gasteiger charge is -2.11. The number of hydrogen-bond donors (Lipinski definition) is 1. The second kappa shape index (κ2) is 4.99. The molecule has 0 aliphatic rings. The Morgan fingerprint density at radius 3 is 2.68 bits per heavy atom. The van der Waals surface area contributed by atoms with Crippen molar-refractivity contribution in [3.63, 3.8) is 0 Å². The number of rotatable bonds is 2. The highest BCUT2D eigenvalue weighted by Gasteiger charge is 2.13. The van der Waals surface area contributed by atoms with E-state index in [1.165, 1.54) is 0 Å². The molecule has 0 unspecified atom stereocenters. The van der Waals surface area contributed by atoms with Crippen LogP contribution in [0.15, 0.2) is 24.3 Å². The van der Waals surface area contributed by atoms with Crippen molar-refractivity contribution < 1.29 is 9.84 Å². The number of hydrogen-bond acceptors (Lipinski definition) is 4. The topological polar surface area (TPSA) is 66.1 Å². The number of phenols is 1. The van der Waals surface area contributed by atoms with Gasteiger partial charge in [0.25, 0.3) is 0 Å². The van der Waals surface area contributed by atoms with Crippen molar-refractivity contribution in [2.24, 2.45) is 0 Å². The molecule has 1 heterocycles. The third kappa shape index (κ3) is 2.50. The minimum absolute atomic E-state index is 0.153. The molecule has 19 heavy (non-hydrogen) atoms. The van der Waals surface area contributed by atoms with E-state index in [4.69, 9.17) is 4.74 Å². The standard InChI is InChI=1S/C15H14N2O2/c1-9-7-10(2)17-15(12(9)8-16)19-14-6-4-5-13(18)11(14)3/h4-7,18H,1-3H3. The number of ether oxygens (including phenoxy) is 1. The first-order chi connectivity index (χ1) is 9.02. The fourth-order valence-corrected chi connectivity index (χ4v) is 1.83. The van der Waals surface area contributed by atoms with Gasteiger partial charge >= 0.3 is 0 Å². The molecule has 0 spiro atoms. The van der Waals surface area contributed by atoms with Crippen LogP contribution in [0, 0.1) is 32.1 Å². The number of nitrogens with zero attached hydrogens (tertiary/aromatic N) is 2. The predicted molar refractivity (Wildman–Crippen MR) is 71.3 cm³/mol. The molecule has 0 fully saturated rings. The van der Waals surface area contributed by atoms with Gasteiger partial charge in [-0.3, -0.25) is 0 Å². The Labute approximate surface area is 111 Å². The second-order valence-corrected chi connectivity index (χ2v) is 4.37. The normalized spacial score (nSPS) is 10.0. The lowest BCUT2D eigenvalue weighted by atomic mass is 10.1. The number of phenolic OH excluding ortho intramolecular Hbond substituents is 1. The lowest BCUT2D eigenvalue weighted by Crippen LogP contribution is -1.98. The second-order valence-electron chi connectivity index (χ2n) is 4.37. The zero-order chi connectivity index (χ0) is 14.0. The molecule has 2 rings (SSSR count). The van der Waals surface area contributed by atoms with Crippen LogP contribution < -0.4 is 4.74 Å². The maximum absolute atomic E-state index is 9.65. The molecule has 4 heteroatoms. The van der Waals surface area contributed by atoms with Crippen LogP contribution in [0.25, 0.3) is 0 Å². The summed E-state index contributed by atoms with van der Waals surface area (Å²) in [7, 11) is 0. The van der Waals surface area contributed by atoms with Crippen LogP contribution in [0.5, 0.6) is 17.4 Å². The summed E-state index contributed by atoms with van der Waals surface area (Å²) in [6.07, 6.45) is 0. The monoisotopic (exact) mass is 254 g/mol. The smallest absolute Gasteiger partial charge is 0.237 e. The summed E-state index contributed by atoms with van der Waals surface area (Å²) in [5.74, 6) is 0.920. The van der Waals surface area contributed by atoms with Crippen LogP contribution in [-0.4, -0.2) is 10.1 Å². The first-order valence-corrected chi connectivity index (χ1v) is 5.87. The maximum atomic E-state index is 9.65. The van der Waals surface area contributed by atoms with Gasteiger partial charge in [0, 0.05) is 11.3 Å². The fourth-order valence-electron chi connectivity index (χ4n) is 1.83. The Balaban J connectivity index is 2.50. The van der Waals surface area contributed by atoms with Gasteiger partial charge in [0.1, 0.15) is 23.1 Å². The Kier molecular flexibility index (Phi) is 3.39. The summed E-state index contributed by atoms with van der Waals surface area (Å²) < 4.78 is 5.68. The molecule has 0 saturated heterocycles. The SMILES string of the molecule is Cc1cc(C)c(C#N)c(Oc2cccc(O)c2C)n1. The van der Waals surface area contributed by atoms with E-state index in [1.807, 2.05) is 19.9 Å². The van der Waals surface area contributed by atoms with Gasteiger partial charge in [-0.2, -0.15) is 5.26 Å². The largest absolute Gasteiger partial charge is 0.508 e. The zero-order valence-corrected chi connectivity index (χ0v) is 11.1. The molecular weight excluding hydrogens is 240 g/mol. The molecule has 2 aromatic rings. The highest BCUT2D eigenvalue weighted by Crippen LogP contribution is 2.31. The highest BCUT2D eigenvalue weighted by molar-refractivity contribution is 5.49. The van der Waals surface area contributed by atoms with Gasteiger partial charge in [-0.15, -0.1) is 0 Å². The molecule has 0 aliphatic heterocycles. The van der Waals surface area contributed by atoms with E-state index >= 15 is 0 Å². The number of benzene rings is 1. The van der Waals surface area contributed by atoms with Gasteiger partial charge in [0.2, 0.25) is 5.88 Å². The third-order valence-electron chi connectivity index (χ3n) is 2.89. The van der Waals surface area contributed by atoms with Gasteiger partial charge in [0.15, 0.2) is 0 Å². The Morgan fingerprint density at radius 1 is 1.26 bits per heavy atom. The Morgan fingerprint density at radius 2 is 2.00 bits per heavy atom. The van der Waals surface area contributed by atoms with E-state index in [2.05, 4.69) is 11.1 Å². The van der Waals surface area contributed by atoms with Crippen molar-refractivity contribution in [2.45, 2.75) is 20.8 Å². The first kappa shape index (κ1) is 12.9. The van der Waals surface area contributed by atoms with Crippen molar-refractivity contribution in [2.75, 3.05) is 0 Å². The lowest BCUT2D eigenvalue weighted by molar-refractivity contribution is 0.437. The third-order valence-corrected chi connectivity index (χ3v) is 2.89. The molecule has 0 amide bonds. The highest BCUT2D eigenvalue weighted by atomic mass is 16.5. The summed E-state index contributed by atoms with van der Waals surface area (Å²) in [4.78, 5) is 4.24. The summed E-state index contributed by atoms with van der Waals surface area (Å²) in [6.45, 7) is 5.44. The van der Waals surface area contributed by atoms with Crippen LogP contribution in [0.4, 0.5) is 0 Å². The average Bonchev–Trinajstić information content (AvgIpc) is 2.34. The minimum atomic E-state index is 0.153. The minimum Gasteiger partial charge on any atom is -0.508 e. The van der Waals surface area contributed by atoms with Gasteiger partial charge in [-0.05, 0) is 44.5 Å². The molecule has 0 radical (unpaired) electrons. The fraction of sp³-hybridized carbons (Fsp3) is 0.200. The maximum Gasteiger partial charge on any atom is 0.237 e. The van der Waals surface area contributed by atoms with E-state index < -0.39 is 0 Å². The molecule has 0 atom stereocenters. The van der Waals surface area contributed by atoms with Crippen LogP contribution in [0.1, 0.15) is 22.4 Å². The van der Waals surface area contributed by atoms with Gasteiger partial charge in [-0.25, -0.2) is 4.98 Å². The molecule has 0 saturated carbocycles. The number of aromatic nitrogens is 1. The number of aryl methyl sites for hydroxylation is 2. The van der Waals surface area contributed by atoms with Crippen molar-refractivity contribution in [1.29, 1.82) is 5.26 Å². The Hall–Kier alpha value is -2.54. The molecule has 0 aliphatic carbocycles. The first-order valence-electron chi connectivity index (χ1n) is 5.87. The molecule has 0 bridgehead atoms. The zero-order valence-electron chi connectivity index (χ0n) is 11.1. The number of aromatic hydroxyl groups is 1. The summed E-state index contributed by atoms with van der Waals surface area (Å²) in [6, 6.07) is 8.93. The van der Waals surface area contributed by atoms with Crippen molar-refractivity contribution in [3.8, 4) is 23.4 Å². The van der Waals surface area contributed by atoms with E-state index in [-0.39, 0.29) is 11.6 Å². The van der Waals surface area contributed by atoms with Gasteiger partial charge < -0.3 is 9.84 Å². The molecule has 4 nitrogen and oxygen atoms in total. The molecular formula is C15H14N2O2. The van der Waals surface area contributed by atoms with Crippen LogP contribution in [0.2, 0.25) is 0 Å². The summed E-state index contributed by atoms with van der Waals surface area (Å²) in [5.41, 5.74) is 2.63. The average molecular weight is 254 g/mol. The number of pyridine rings is 1.